The molecule has 1 fully saturated rings. The van der Waals surface area contributed by atoms with Gasteiger partial charge in [0.05, 0.1) is 31.6 Å². The first kappa shape index (κ1) is 20.2. The molecule has 1 aromatic carbocycles. The highest BCUT2D eigenvalue weighted by Gasteiger charge is 2.31. The zero-order chi connectivity index (χ0) is 19.8. The molecule has 1 saturated heterocycles. The number of amides is 2. The molecule has 9 nitrogen and oxygen atoms in total. The van der Waals surface area contributed by atoms with Crippen LogP contribution in [-0.4, -0.2) is 58.1 Å². The Hall–Kier alpha value is -2.49. The lowest BCUT2D eigenvalue weighted by molar-refractivity contribution is -0.0905. The van der Waals surface area contributed by atoms with Crippen molar-refractivity contribution in [2.75, 3.05) is 19.0 Å². The van der Waals surface area contributed by atoms with Gasteiger partial charge < -0.3 is 25.2 Å². The molecule has 0 spiro atoms. The number of hydrogen-bond acceptors (Lipinski definition) is 6. The molecule has 2 heterocycles. The van der Waals surface area contributed by atoms with Gasteiger partial charge in [-0.3, -0.25) is 4.68 Å². The van der Waals surface area contributed by atoms with E-state index < -0.39 is 6.10 Å². The number of aliphatic hydroxyl groups excluding tert-OH is 1. The zero-order valence-electron chi connectivity index (χ0n) is 16.0. The standard InChI is InChI=1S/C19H27N5O4/c1-27-13-15-11-24(23-22-15)10-9-16-7-8-17(18(12-25)28-16)21-19(26)20-14-5-3-2-4-6-14/h2-6,11,16-18,25H,7-10,12-13H2,1H3,(H2,20,21,26)/t16-,17+,18+/m0/s1. The van der Waals surface area contributed by atoms with Gasteiger partial charge in [0.2, 0.25) is 0 Å². The van der Waals surface area contributed by atoms with Crippen molar-refractivity contribution in [3.05, 3.63) is 42.2 Å². The van der Waals surface area contributed by atoms with Gasteiger partial charge in [0, 0.05) is 19.3 Å². The number of anilines is 1. The predicted octanol–water partition coefficient (Wildman–Crippen LogP) is 1.54. The maximum Gasteiger partial charge on any atom is 0.319 e. The summed E-state index contributed by atoms with van der Waals surface area (Å²) in [6.07, 6.45) is 3.72. The van der Waals surface area contributed by atoms with Gasteiger partial charge in [0.1, 0.15) is 11.8 Å². The molecule has 0 unspecified atom stereocenters. The lowest BCUT2D eigenvalue weighted by atomic mass is 9.97. The lowest BCUT2D eigenvalue weighted by Crippen LogP contribution is -2.52. The number of methoxy groups -OCH3 is 1. The number of carbonyl (C=O) groups is 1. The number of para-hydroxylation sites is 1. The number of urea groups is 1. The molecule has 2 aromatic rings. The fourth-order valence-corrected chi connectivity index (χ4v) is 3.30. The van der Waals surface area contributed by atoms with Crippen LogP contribution in [0.3, 0.4) is 0 Å². The van der Waals surface area contributed by atoms with E-state index in [1.54, 1.807) is 11.8 Å². The van der Waals surface area contributed by atoms with Crippen molar-refractivity contribution in [3.63, 3.8) is 0 Å². The van der Waals surface area contributed by atoms with E-state index in [0.717, 1.165) is 30.6 Å². The van der Waals surface area contributed by atoms with Gasteiger partial charge in [0.15, 0.2) is 0 Å². The highest BCUT2D eigenvalue weighted by atomic mass is 16.5. The van der Waals surface area contributed by atoms with E-state index in [2.05, 4.69) is 20.9 Å². The van der Waals surface area contributed by atoms with E-state index in [1.165, 1.54) is 0 Å². The minimum Gasteiger partial charge on any atom is -0.394 e. The number of hydrogen-bond donors (Lipinski definition) is 3. The van der Waals surface area contributed by atoms with E-state index in [0.29, 0.717) is 13.2 Å². The highest BCUT2D eigenvalue weighted by molar-refractivity contribution is 5.89. The molecular weight excluding hydrogens is 362 g/mol. The topological polar surface area (TPSA) is 111 Å². The molecule has 3 rings (SSSR count). The van der Waals surface area contributed by atoms with Crippen LogP contribution in [0.15, 0.2) is 36.5 Å². The molecule has 152 valence electrons. The number of carbonyl (C=O) groups excluding carboxylic acids is 1. The number of ether oxygens (including phenoxy) is 2. The van der Waals surface area contributed by atoms with Crippen molar-refractivity contribution < 1.29 is 19.4 Å². The fourth-order valence-electron chi connectivity index (χ4n) is 3.30. The Morgan fingerprint density at radius 3 is 2.93 bits per heavy atom. The monoisotopic (exact) mass is 389 g/mol. The number of nitrogens with one attached hydrogen (secondary N) is 2. The minimum absolute atomic E-state index is 0.00228. The molecular formula is C19H27N5O4. The second-order valence-corrected chi connectivity index (χ2v) is 6.82. The normalized spacial score (nSPS) is 22.0. The molecule has 1 aromatic heterocycles. The van der Waals surface area contributed by atoms with Crippen LogP contribution >= 0.6 is 0 Å². The van der Waals surface area contributed by atoms with Crippen LogP contribution in [0.4, 0.5) is 10.5 Å². The van der Waals surface area contributed by atoms with Crippen molar-refractivity contribution in [1.29, 1.82) is 0 Å². The van der Waals surface area contributed by atoms with E-state index in [1.807, 2.05) is 36.5 Å². The Bertz CT molecular complexity index is 739. The number of rotatable bonds is 8. The van der Waals surface area contributed by atoms with Crippen LogP contribution in [-0.2, 0) is 22.6 Å². The summed E-state index contributed by atoms with van der Waals surface area (Å²) >= 11 is 0. The van der Waals surface area contributed by atoms with Crippen LogP contribution in [0, 0.1) is 0 Å². The second kappa shape index (κ2) is 10.2. The summed E-state index contributed by atoms with van der Waals surface area (Å²) in [4.78, 5) is 12.2. The van der Waals surface area contributed by atoms with Gasteiger partial charge in [-0.2, -0.15) is 0 Å². The quantitative estimate of drug-likeness (QED) is 0.632. The van der Waals surface area contributed by atoms with Crippen LogP contribution < -0.4 is 10.6 Å². The Morgan fingerprint density at radius 2 is 2.18 bits per heavy atom. The molecule has 0 radical (unpaired) electrons. The first-order valence-electron chi connectivity index (χ1n) is 9.44. The predicted molar refractivity (Wildman–Crippen MR) is 103 cm³/mol. The van der Waals surface area contributed by atoms with Crippen LogP contribution in [0.2, 0.25) is 0 Å². The fraction of sp³-hybridized carbons (Fsp3) is 0.526. The smallest absolute Gasteiger partial charge is 0.319 e. The molecule has 1 aliphatic rings. The first-order chi connectivity index (χ1) is 13.7. The van der Waals surface area contributed by atoms with Gasteiger partial charge >= 0.3 is 6.03 Å². The number of aliphatic hydroxyl groups is 1. The Balaban J connectivity index is 1.45. The maximum atomic E-state index is 12.2. The molecule has 0 bridgehead atoms. The third-order valence-corrected chi connectivity index (χ3v) is 4.70. The van der Waals surface area contributed by atoms with E-state index >= 15 is 0 Å². The van der Waals surface area contributed by atoms with Crippen LogP contribution in [0.5, 0.6) is 0 Å². The zero-order valence-corrected chi connectivity index (χ0v) is 16.0. The minimum atomic E-state index is -0.430. The van der Waals surface area contributed by atoms with Crippen molar-refractivity contribution in [1.82, 2.24) is 20.3 Å². The van der Waals surface area contributed by atoms with Crippen LogP contribution in [0.25, 0.3) is 0 Å². The third kappa shape index (κ3) is 5.75. The van der Waals surface area contributed by atoms with Gasteiger partial charge in [0.25, 0.3) is 0 Å². The molecule has 3 atom stereocenters. The molecule has 0 saturated carbocycles. The van der Waals surface area contributed by atoms with Crippen molar-refractivity contribution >= 4 is 11.7 Å². The summed E-state index contributed by atoms with van der Waals surface area (Å²) in [5.74, 6) is 0. The highest BCUT2D eigenvalue weighted by Crippen LogP contribution is 2.22. The SMILES string of the molecule is COCc1cn(CC[C@@H]2CC[C@@H](NC(=O)Nc3ccccc3)[C@@H](CO)O2)nn1. The largest absolute Gasteiger partial charge is 0.394 e. The molecule has 3 N–H and O–H groups in total. The van der Waals surface area contributed by atoms with Crippen molar-refractivity contribution in [2.45, 2.75) is 50.7 Å². The van der Waals surface area contributed by atoms with Gasteiger partial charge in [-0.15, -0.1) is 5.10 Å². The Kier molecular flexibility index (Phi) is 7.35. The summed E-state index contributed by atoms with van der Waals surface area (Å²) in [5.41, 5.74) is 1.50. The summed E-state index contributed by atoms with van der Waals surface area (Å²) in [7, 11) is 1.62. The third-order valence-electron chi connectivity index (χ3n) is 4.70. The van der Waals surface area contributed by atoms with Crippen LogP contribution in [0.1, 0.15) is 25.0 Å². The first-order valence-corrected chi connectivity index (χ1v) is 9.44. The van der Waals surface area contributed by atoms with Gasteiger partial charge in [-0.05, 0) is 31.4 Å². The molecule has 9 heteroatoms. The van der Waals surface area contributed by atoms with E-state index in [4.69, 9.17) is 9.47 Å². The number of benzene rings is 1. The van der Waals surface area contributed by atoms with Crippen molar-refractivity contribution in [2.24, 2.45) is 0 Å². The van der Waals surface area contributed by atoms with Crippen molar-refractivity contribution in [3.8, 4) is 0 Å². The Labute approximate surface area is 164 Å². The lowest BCUT2D eigenvalue weighted by Gasteiger charge is -2.36. The average Bonchev–Trinajstić information content (AvgIpc) is 3.15. The van der Waals surface area contributed by atoms with E-state index in [9.17, 15) is 9.90 Å². The van der Waals surface area contributed by atoms with E-state index in [-0.39, 0.29) is 24.8 Å². The number of aromatic nitrogens is 3. The number of aryl methyl sites for hydroxylation is 1. The average molecular weight is 389 g/mol. The van der Waals surface area contributed by atoms with Gasteiger partial charge in [-0.25, -0.2) is 4.79 Å². The summed E-state index contributed by atoms with van der Waals surface area (Å²) < 4.78 is 12.8. The molecule has 1 aliphatic heterocycles. The number of nitrogens with zero attached hydrogens (tertiary/aromatic N) is 3. The molecule has 28 heavy (non-hydrogen) atoms. The summed E-state index contributed by atoms with van der Waals surface area (Å²) in [6, 6.07) is 8.70. The summed E-state index contributed by atoms with van der Waals surface area (Å²) in [5, 5.41) is 23.5. The molecule has 0 aliphatic carbocycles. The maximum absolute atomic E-state index is 12.2. The Morgan fingerprint density at radius 1 is 1.36 bits per heavy atom. The van der Waals surface area contributed by atoms with Gasteiger partial charge in [-0.1, -0.05) is 23.4 Å². The second-order valence-electron chi connectivity index (χ2n) is 6.82. The molecule has 2 amide bonds. The summed E-state index contributed by atoms with van der Waals surface area (Å²) in [6.45, 7) is 0.963.